The summed E-state index contributed by atoms with van der Waals surface area (Å²) in [7, 11) is 0. The third kappa shape index (κ3) is 3.82. The van der Waals surface area contributed by atoms with Crippen LogP contribution < -0.4 is 4.74 Å². The Morgan fingerprint density at radius 1 is 1.21 bits per heavy atom. The molecule has 0 bridgehead atoms. The molecular weight excluding hydrogens is 236 g/mol. The maximum absolute atomic E-state index is 12.2. The smallest absolute Gasteiger partial charge is 0.140 e. The van der Waals surface area contributed by atoms with Gasteiger partial charge in [-0.3, -0.25) is 4.79 Å². The minimum atomic E-state index is 0.00984. The van der Waals surface area contributed by atoms with Gasteiger partial charge in [-0.2, -0.15) is 0 Å². The van der Waals surface area contributed by atoms with Gasteiger partial charge in [-0.25, -0.2) is 0 Å². The molecule has 0 aliphatic carbocycles. The molecule has 1 unspecified atom stereocenters. The molecule has 0 saturated heterocycles. The van der Waals surface area contributed by atoms with Crippen LogP contribution in [-0.4, -0.2) is 12.4 Å². The summed E-state index contributed by atoms with van der Waals surface area (Å²) in [5.74, 6) is 1.56. The Morgan fingerprint density at radius 3 is 2.37 bits per heavy atom. The number of ether oxygens (including phenoxy) is 1. The zero-order valence-corrected chi connectivity index (χ0v) is 12.8. The summed E-state index contributed by atoms with van der Waals surface area (Å²) in [4.78, 5) is 12.2. The van der Waals surface area contributed by atoms with Crippen molar-refractivity contribution >= 4 is 5.78 Å². The normalized spacial score (nSPS) is 12.5. The highest BCUT2D eigenvalue weighted by molar-refractivity contribution is 5.86. The van der Waals surface area contributed by atoms with E-state index in [-0.39, 0.29) is 5.92 Å². The van der Waals surface area contributed by atoms with Crippen molar-refractivity contribution in [2.24, 2.45) is 5.92 Å². The Labute approximate surface area is 117 Å². The van der Waals surface area contributed by atoms with E-state index < -0.39 is 0 Å². The molecule has 19 heavy (non-hydrogen) atoms. The number of aryl methyl sites for hydroxylation is 1. The predicted molar refractivity (Wildman–Crippen MR) is 79.9 cm³/mol. The van der Waals surface area contributed by atoms with Gasteiger partial charge in [0, 0.05) is 12.3 Å². The van der Waals surface area contributed by atoms with E-state index in [9.17, 15) is 4.79 Å². The van der Waals surface area contributed by atoms with Crippen LogP contribution in [-0.2, 0) is 11.2 Å². The van der Waals surface area contributed by atoms with Crippen LogP contribution in [0.15, 0.2) is 18.2 Å². The highest BCUT2D eigenvalue weighted by Crippen LogP contribution is 2.31. The van der Waals surface area contributed by atoms with E-state index in [1.165, 1.54) is 11.1 Å². The van der Waals surface area contributed by atoms with Crippen molar-refractivity contribution in [3.05, 3.63) is 29.3 Å². The van der Waals surface area contributed by atoms with Gasteiger partial charge in [0.15, 0.2) is 0 Å². The lowest BCUT2D eigenvalue weighted by molar-refractivity contribution is -0.121. The van der Waals surface area contributed by atoms with E-state index in [2.05, 4.69) is 32.9 Å². The molecule has 1 aromatic carbocycles. The second-order valence-corrected chi connectivity index (χ2v) is 5.19. The highest BCUT2D eigenvalue weighted by atomic mass is 16.5. The lowest BCUT2D eigenvalue weighted by atomic mass is 9.81. The van der Waals surface area contributed by atoms with Crippen LogP contribution >= 0.6 is 0 Å². The van der Waals surface area contributed by atoms with Crippen molar-refractivity contribution in [3.63, 3.8) is 0 Å². The summed E-state index contributed by atoms with van der Waals surface area (Å²) in [6, 6.07) is 6.13. The van der Waals surface area contributed by atoms with Gasteiger partial charge in [-0.15, -0.1) is 0 Å². The van der Waals surface area contributed by atoms with Crippen molar-refractivity contribution < 1.29 is 9.53 Å². The van der Waals surface area contributed by atoms with Gasteiger partial charge in [0.05, 0.1) is 6.61 Å². The molecule has 0 fully saturated rings. The van der Waals surface area contributed by atoms with Gasteiger partial charge in [-0.05, 0) is 42.5 Å². The fourth-order valence-corrected chi connectivity index (χ4v) is 2.57. The summed E-state index contributed by atoms with van der Waals surface area (Å²) in [5, 5.41) is 0. The molecule has 1 aromatic rings. The number of Topliss-reactive ketones (excluding diaryl/α,β-unsaturated/α-hetero) is 1. The maximum atomic E-state index is 12.2. The Balaban J connectivity index is 3.19. The second-order valence-electron chi connectivity index (χ2n) is 5.19. The van der Waals surface area contributed by atoms with Gasteiger partial charge >= 0.3 is 0 Å². The van der Waals surface area contributed by atoms with Crippen LogP contribution in [0.2, 0.25) is 0 Å². The van der Waals surface area contributed by atoms with E-state index in [0.717, 1.165) is 12.2 Å². The van der Waals surface area contributed by atoms with Crippen LogP contribution in [0, 0.1) is 5.92 Å². The summed E-state index contributed by atoms with van der Waals surface area (Å²) >= 11 is 0. The van der Waals surface area contributed by atoms with Gasteiger partial charge in [0.25, 0.3) is 0 Å². The molecule has 0 radical (unpaired) electrons. The summed E-state index contributed by atoms with van der Waals surface area (Å²) in [6.45, 7) is 11.0. The van der Waals surface area contributed by atoms with Crippen molar-refractivity contribution in [1.82, 2.24) is 0 Å². The van der Waals surface area contributed by atoms with Crippen LogP contribution in [0.25, 0.3) is 0 Å². The highest BCUT2D eigenvalue weighted by Gasteiger charge is 2.24. The van der Waals surface area contributed by atoms with Crippen molar-refractivity contribution in [1.29, 1.82) is 0 Å². The molecule has 0 spiro atoms. The fraction of sp³-hybridized carbons (Fsp3) is 0.588. The number of benzene rings is 1. The molecule has 0 N–H and O–H groups in total. The minimum absolute atomic E-state index is 0.00984. The van der Waals surface area contributed by atoms with E-state index >= 15 is 0 Å². The number of ketones is 1. The maximum Gasteiger partial charge on any atom is 0.140 e. The van der Waals surface area contributed by atoms with E-state index in [1.807, 2.05) is 19.9 Å². The lowest BCUT2D eigenvalue weighted by Gasteiger charge is -2.23. The van der Waals surface area contributed by atoms with E-state index in [4.69, 9.17) is 4.74 Å². The topological polar surface area (TPSA) is 26.3 Å². The first kappa shape index (κ1) is 15.7. The Bertz CT molecular complexity index is 421. The number of rotatable bonds is 7. The number of hydrogen-bond acceptors (Lipinski definition) is 2. The monoisotopic (exact) mass is 262 g/mol. The van der Waals surface area contributed by atoms with E-state index in [1.54, 1.807) is 0 Å². The fourth-order valence-electron chi connectivity index (χ4n) is 2.57. The van der Waals surface area contributed by atoms with Crippen LogP contribution in [0.5, 0.6) is 5.75 Å². The number of carbonyl (C=O) groups excluding carboxylic acids is 1. The Kier molecular flexibility index (Phi) is 6.07. The average molecular weight is 262 g/mol. The molecule has 106 valence electrons. The van der Waals surface area contributed by atoms with Gasteiger partial charge in [-0.1, -0.05) is 33.8 Å². The first-order chi connectivity index (χ1) is 9.04. The largest absolute Gasteiger partial charge is 0.494 e. The second kappa shape index (κ2) is 7.32. The summed E-state index contributed by atoms with van der Waals surface area (Å²) in [5.41, 5.74) is 2.40. The van der Waals surface area contributed by atoms with Crippen LogP contribution in [0.4, 0.5) is 0 Å². The third-order valence-electron chi connectivity index (χ3n) is 3.50. The molecule has 1 rings (SSSR count). The first-order valence-electron chi connectivity index (χ1n) is 7.33. The molecule has 1 atom stereocenters. The average Bonchev–Trinajstić information content (AvgIpc) is 2.40. The summed E-state index contributed by atoms with van der Waals surface area (Å²) < 4.78 is 5.55. The molecule has 0 heterocycles. The standard InChI is InChI=1S/C17H26O2/c1-6-13-11-14(19-8-3)9-10-15(13)17(12(4)5)16(18)7-2/h9-12,17H,6-8H2,1-5H3. The van der Waals surface area contributed by atoms with Crippen molar-refractivity contribution in [2.75, 3.05) is 6.61 Å². The lowest BCUT2D eigenvalue weighted by Crippen LogP contribution is -2.19. The Hall–Kier alpha value is -1.31. The molecule has 0 saturated carbocycles. The zero-order chi connectivity index (χ0) is 14.4. The molecule has 0 aromatic heterocycles. The Morgan fingerprint density at radius 2 is 1.89 bits per heavy atom. The van der Waals surface area contributed by atoms with Crippen molar-refractivity contribution in [3.8, 4) is 5.75 Å². The molecule has 0 amide bonds. The van der Waals surface area contributed by atoms with Crippen LogP contribution in [0.3, 0.4) is 0 Å². The SMILES string of the molecule is CCOc1ccc(C(C(=O)CC)C(C)C)c(CC)c1. The molecule has 2 heteroatoms. The van der Waals surface area contributed by atoms with E-state index in [0.29, 0.717) is 24.7 Å². The molecule has 0 aliphatic rings. The first-order valence-corrected chi connectivity index (χ1v) is 7.33. The van der Waals surface area contributed by atoms with Crippen molar-refractivity contribution in [2.45, 2.75) is 53.4 Å². The predicted octanol–water partition coefficient (Wildman–Crippen LogP) is 4.37. The number of hydrogen-bond donors (Lipinski definition) is 0. The summed E-state index contributed by atoms with van der Waals surface area (Å²) in [6.07, 6.45) is 1.52. The van der Waals surface area contributed by atoms with Gasteiger partial charge in [0.1, 0.15) is 11.5 Å². The van der Waals surface area contributed by atoms with Gasteiger partial charge in [0.2, 0.25) is 0 Å². The molecular formula is C17H26O2. The zero-order valence-electron chi connectivity index (χ0n) is 12.8. The minimum Gasteiger partial charge on any atom is -0.494 e. The molecule has 2 nitrogen and oxygen atoms in total. The number of carbonyl (C=O) groups is 1. The quantitative estimate of drug-likeness (QED) is 0.729. The van der Waals surface area contributed by atoms with Crippen LogP contribution in [0.1, 0.15) is 58.1 Å². The third-order valence-corrected chi connectivity index (χ3v) is 3.50. The molecule has 0 aliphatic heterocycles. The van der Waals surface area contributed by atoms with Gasteiger partial charge < -0.3 is 4.74 Å².